The van der Waals surface area contributed by atoms with Crippen molar-refractivity contribution in [2.24, 2.45) is 5.92 Å². The van der Waals surface area contributed by atoms with E-state index in [4.69, 9.17) is 10.5 Å². The second-order valence-electron chi connectivity index (χ2n) is 2.83. The molecular weight excluding hydrogens is 142 g/mol. The van der Waals surface area contributed by atoms with Crippen molar-refractivity contribution in [2.45, 2.75) is 19.3 Å². The highest BCUT2D eigenvalue weighted by molar-refractivity contribution is 6.18. The Morgan fingerprint density at radius 3 is 2.36 bits per heavy atom. The van der Waals surface area contributed by atoms with Gasteiger partial charge in [-0.25, -0.2) is 4.79 Å². The number of carbonyl (C=O) groups is 1. The molecule has 1 fully saturated rings. The van der Waals surface area contributed by atoms with Crippen molar-refractivity contribution < 1.29 is 9.90 Å². The fraction of sp³-hybridized carbons (Fsp3) is 0.500. The SMILES string of the molecule is C=C(C(=N)C1CCC1)C(=O)O. The Kier molecular flexibility index (Phi) is 2.08. The maximum Gasteiger partial charge on any atom is 0.336 e. The molecule has 0 unspecified atom stereocenters. The van der Waals surface area contributed by atoms with Crippen LogP contribution in [0.25, 0.3) is 0 Å². The molecule has 0 aliphatic heterocycles. The van der Waals surface area contributed by atoms with Crippen molar-refractivity contribution in [3.8, 4) is 0 Å². The lowest BCUT2D eigenvalue weighted by Crippen LogP contribution is -2.25. The molecule has 1 saturated carbocycles. The van der Waals surface area contributed by atoms with Gasteiger partial charge < -0.3 is 10.5 Å². The van der Waals surface area contributed by atoms with Crippen LogP contribution in [-0.2, 0) is 4.79 Å². The zero-order valence-corrected chi connectivity index (χ0v) is 6.26. The minimum Gasteiger partial charge on any atom is -0.478 e. The van der Waals surface area contributed by atoms with Crippen molar-refractivity contribution in [3.63, 3.8) is 0 Å². The van der Waals surface area contributed by atoms with Crippen LogP contribution in [0.4, 0.5) is 0 Å². The zero-order valence-electron chi connectivity index (χ0n) is 6.26. The molecule has 1 rings (SSSR count). The van der Waals surface area contributed by atoms with Crippen LogP contribution >= 0.6 is 0 Å². The maximum atomic E-state index is 10.3. The van der Waals surface area contributed by atoms with Gasteiger partial charge in [0.15, 0.2) is 0 Å². The topological polar surface area (TPSA) is 61.2 Å². The molecule has 60 valence electrons. The molecule has 1 aliphatic carbocycles. The second-order valence-corrected chi connectivity index (χ2v) is 2.83. The second kappa shape index (κ2) is 2.86. The normalized spacial score (nSPS) is 17.1. The van der Waals surface area contributed by atoms with Crippen LogP contribution in [-0.4, -0.2) is 16.8 Å². The fourth-order valence-electron chi connectivity index (χ4n) is 1.06. The third-order valence-electron chi connectivity index (χ3n) is 2.10. The van der Waals surface area contributed by atoms with Gasteiger partial charge in [-0.1, -0.05) is 13.0 Å². The Morgan fingerprint density at radius 2 is 2.09 bits per heavy atom. The standard InChI is InChI=1S/C8H11NO2/c1-5(8(10)11)7(9)6-3-2-4-6/h6,9H,1-4H2,(H,10,11). The van der Waals surface area contributed by atoms with Crippen molar-refractivity contribution in [1.29, 1.82) is 5.41 Å². The van der Waals surface area contributed by atoms with Gasteiger partial charge in [0.1, 0.15) is 0 Å². The Morgan fingerprint density at radius 1 is 1.55 bits per heavy atom. The summed E-state index contributed by atoms with van der Waals surface area (Å²) in [6.07, 6.45) is 3.01. The Bertz CT molecular complexity index is 216. The zero-order chi connectivity index (χ0) is 8.43. The molecule has 0 spiro atoms. The summed E-state index contributed by atoms with van der Waals surface area (Å²) in [6, 6.07) is 0. The Labute approximate surface area is 65.2 Å². The molecule has 0 saturated heterocycles. The number of carboxylic acids is 1. The molecule has 3 heteroatoms. The van der Waals surface area contributed by atoms with E-state index >= 15 is 0 Å². The van der Waals surface area contributed by atoms with E-state index in [1.54, 1.807) is 0 Å². The Hall–Kier alpha value is -1.12. The average molecular weight is 153 g/mol. The molecule has 0 aromatic carbocycles. The van der Waals surface area contributed by atoms with Crippen molar-refractivity contribution in [3.05, 3.63) is 12.2 Å². The van der Waals surface area contributed by atoms with Gasteiger partial charge in [-0.3, -0.25) is 0 Å². The molecule has 0 bridgehead atoms. The third kappa shape index (κ3) is 1.48. The number of carboxylic acid groups (broad SMARTS) is 1. The summed E-state index contributed by atoms with van der Waals surface area (Å²) >= 11 is 0. The van der Waals surface area contributed by atoms with E-state index in [0.717, 1.165) is 19.3 Å². The summed E-state index contributed by atoms with van der Waals surface area (Å²) in [4.78, 5) is 10.3. The van der Waals surface area contributed by atoms with E-state index < -0.39 is 5.97 Å². The predicted octanol–water partition coefficient (Wildman–Crippen LogP) is 1.45. The molecule has 3 nitrogen and oxygen atoms in total. The van der Waals surface area contributed by atoms with Gasteiger partial charge in [-0.05, 0) is 12.8 Å². The van der Waals surface area contributed by atoms with Crippen LogP contribution in [0.1, 0.15) is 19.3 Å². The molecule has 0 radical (unpaired) electrons. The number of rotatable bonds is 3. The summed E-state index contributed by atoms with van der Waals surface area (Å²) in [6.45, 7) is 3.33. The molecule has 0 aromatic rings. The highest BCUT2D eigenvalue weighted by Crippen LogP contribution is 2.29. The van der Waals surface area contributed by atoms with Crippen LogP contribution in [0.2, 0.25) is 0 Å². The molecule has 2 N–H and O–H groups in total. The number of hydrogen-bond donors (Lipinski definition) is 2. The first-order valence-corrected chi connectivity index (χ1v) is 3.64. The first-order chi connectivity index (χ1) is 5.13. The fourth-order valence-corrected chi connectivity index (χ4v) is 1.06. The van der Waals surface area contributed by atoms with Crippen LogP contribution in [0.3, 0.4) is 0 Å². The van der Waals surface area contributed by atoms with E-state index in [-0.39, 0.29) is 17.2 Å². The summed E-state index contributed by atoms with van der Waals surface area (Å²) in [5, 5.41) is 15.9. The van der Waals surface area contributed by atoms with Gasteiger partial charge in [0.25, 0.3) is 0 Å². The molecule has 0 amide bonds. The molecule has 0 aromatic heterocycles. The van der Waals surface area contributed by atoms with Gasteiger partial charge in [-0.2, -0.15) is 0 Å². The van der Waals surface area contributed by atoms with Crippen LogP contribution < -0.4 is 0 Å². The number of nitrogens with one attached hydrogen (secondary N) is 1. The first-order valence-electron chi connectivity index (χ1n) is 3.64. The lowest BCUT2D eigenvalue weighted by atomic mass is 9.79. The highest BCUT2D eigenvalue weighted by Gasteiger charge is 2.25. The Balaban J connectivity index is 2.53. The monoisotopic (exact) mass is 153 g/mol. The van der Waals surface area contributed by atoms with E-state index in [1.165, 1.54) is 0 Å². The lowest BCUT2D eigenvalue weighted by molar-refractivity contribution is -0.132. The van der Waals surface area contributed by atoms with Gasteiger partial charge in [-0.15, -0.1) is 0 Å². The smallest absolute Gasteiger partial charge is 0.336 e. The van der Waals surface area contributed by atoms with E-state index in [0.29, 0.717) is 0 Å². The molecule has 1 aliphatic rings. The minimum absolute atomic E-state index is 0.0466. The summed E-state index contributed by atoms with van der Waals surface area (Å²) in [5.41, 5.74) is 0.165. The third-order valence-corrected chi connectivity index (χ3v) is 2.10. The molecular formula is C8H11NO2. The quantitative estimate of drug-likeness (QED) is 0.476. The van der Waals surface area contributed by atoms with Crippen molar-refractivity contribution in [2.75, 3.05) is 0 Å². The lowest BCUT2D eigenvalue weighted by Gasteiger charge is -2.25. The van der Waals surface area contributed by atoms with E-state index in [9.17, 15) is 4.79 Å². The number of hydrogen-bond acceptors (Lipinski definition) is 2. The van der Waals surface area contributed by atoms with Crippen LogP contribution in [0.15, 0.2) is 12.2 Å². The van der Waals surface area contributed by atoms with Gasteiger partial charge in [0.05, 0.1) is 5.57 Å². The largest absolute Gasteiger partial charge is 0.478 e. The van der Waals surface area contributed by atoms with Crippen molar-refractivity contribution in [1.82, 2.24) is 0 Å². The van der Waals surface area contributed by atoms with Crippen LogP contribution in [0.5, 0.6) is 0 Å². The summed E-state index contributed by atoms with van der Waals surface area (Å²) in [5.74, 6) is -0.902. The summed E-state index contributed by atoms with van der Waals surface area (Å²) < 4.78 is 0. The average Bonchev–Trinajstić information content (AvgIpc) is 1.82. The summed E-state index contributed by atoms with van der Waals surface area (Å²) in [7, 11) is 0. The first kappa shape index (κ1) is 7.98. The maximum absolute atomic E-state index is 10.3. The van der Waals surface area contributed by atoms with E-state index in [2.05, 4.69) is 6.58 Å². The predicted molar refractivity (Wildman–Crippen MR) is 41.8 cm³/mol. The number of aliphatic carboxylic acids is 1. The van der Waals surface area contributed by atoms with Gasteiger partial charge >= 0.3 is 5.97 Å². The van der Waals surface area contributed by atoms with E-state index in [1.807, 2.05) is 0 Å². The highest BCUT2D eigenvalue weighted by atomic mass is 16.4. The van der Waals surface area contributed by atoms with Crippen LogP contribution in [0, 0.1) is 11.3 Å². The molecule has 11 heavy (non-hydrogen) atoms. The molecule has 0 heterocycles. The van der Waals surface area contributed by atoms with Crippen molar-refractivity contribution >= 4 is 11.7 Å². The van der Waals surface area contributed by atoms with Gasteiger partial charge in [0.2, 0.25) is 0 Å². The minimum atomic E-state index is -1.07. The van der Waals surface area contributed by atoms with Gasteiger partial charge in [0, 0.05) is 11.6 Å². The molecule has 0 atom stereocenters.